The van der Waals surface area contributed by atoms with Crippen LogP contribution in [0.4, 0.5) is 0 Å². The third-order valence-corrected chi connectivity index (χ3v) is 5.31. The number of amides is 1. The van der Waals surface area contributed by atoms with Gasteiger partial charge < -0.3 is 10.1 Å². The number of halogens is 1. The molecule has 0 aliphatic carbocycles. The third-order valence-electron chi connectivity index (χ3n) is 3.22. The molecule has 1 aromatic carbocycles. The lowest BCUT2D eigenvalue weighted by molar-refractivity contribution is -0.121. The average molecular weight is 344 g/mol. The molecule has 0 atom stereocenters. The molecule has 1 heterocycles. The Kier molecular flexibility index (Phi) is 5.73. The molecule has 0 radical (unpaired) electrons. The van der Waals surface area contributed by atoms with Crippen LogP contribution >= 0.6 is 27.7 Å². The second-order valence-electron chi connectivity index (χ2n) is 4.68. The highest BCUT2D eigenvalue weighted by Crippen LogP contribution is 2.24. The van der Waals surface area contributed by atoms with E-state index in [1.807, 2.05) is 30.3 Å². The predicted molar refractivity (Wildman–Crippen MR) is 81.9 cm³/mol. The van der Waals surface area contributed by atoms with Crippen molar-refractivity contribution in [2.45, 2.75) is 23.3 Å². The molecule has 0 aromatic heterocycles. The summed E-state index contributed by atoms with van der Waals surface area (Å²) in [7, 11) is 0. The zero-order chi connectivity index (χ0) is 13.6. The van der Waals surface area contributed by atoms with Gasteiger partial charge in [0.2, 0.25) is 5.91 Å². The Morgan fingerprint density at radius 2 is 2.00 bits per heavy atom. The van der Waals surface area contributed by atoms with Crippen LogP contribution in [0.25, 0.3) is 0 Å². The molecule has 0 saturated carbocycles. The molecule has 1 fully saturated rings. The van der Waals surface area contributed by atoms with Crippen LogP contribution in [0.15, 0.2) is 35.2 Å². The monoisotopic (exact) mass is 343 g/mol. The number of alkyl halides is 1. The maximum atomic E-state index is 12.1. The van der Waals surface area contributed by atoms with Crippen molar-refractivity contribution in [1.82, 2.24) is 5.32 Å². The van der Waals surface area contributed by atoms with Gasteiger partial charge in [-0.15, -0.1) is 11.8 Å². The summed E-state index contributed by atoms with van der Waals surface area (Å²) in [6.45, 7) is 1.44. The summed E-state index contributed by atoms with van der Waals surface area (Å²) in [4.78, 5) is 13.2. The number of carbonyl (C=O) groups excluding carboxylic acids is 1. The van der Waals surface area contributed by atoms with Crippen molar-refractivity contribution in [3.05, 3.63) is 30.3 Å². The van der Waals surface area contributed by atoms with Crippen LogP contribution in [-0.2, 0) is 9.53 Å². The molecule has 1 aliphatic heterocycles. The zero-order valence-electron chi connectivity index (χ0n) is 10.7. The summed E-state index contributed by atoms with van der Waals surface area (Å²) in [6.07, 6.45) is 1.75. The fraction of sp³-hybridized carbons (Fsp3) is 0.500. The maximum absolute atomic E-state index is 12.1. The second kappa shape index (κ2) is 7.31. The molecule has 1 N–H and O–H groups in total. The first-order chi connectivity index (χ1) is 9.24. The van der Waals surface area contributed by atoms with Gasteiger partial charge in [0.15, 0.2) is 0 Å². The van der Waals surface area contributed by atoms with Crippen LogP contribution in [0.1, 0.15) is 12.8 Å². The van der Waals surface area contributed by atoms with Crippen molar-refractivity contribution >= 4 is 33.6 Å². The van der Waals surface area contributed by atoms with Gasteiger partial charge in [0.25, 0.3) is 0 Å². The van der Waals surface area contributed by atoms with E-state index in [1.165, 1.54) is 0 Å². The Bertz CT molecular complexity index is 407. The van der Waals surface area contributed by atoms with Crippen LogP contribution in [0.3, 0.4) is 0 Å². The topological polar surface area (TPSA) is 38.3 Å². The molecule has 5 heteroatoms. The number of carbonyl (C=O) groups is 1. The van der Waals surface area contributed by atoms with E-state index in [9.17, 15) is 4.79 Å². The summed E-state index contributed by atoms with van der Waals surface area (Å²) in [5.41, 5.74) is -0.132. The average Bonchev–Trinajstić information content (AvgIpc) is 2.47. The molecule has 1 saturated heterocycles. The standard InChI is InChI=1S/C14H18BrNO2S/c15-11-14(6-8-18-9-7-14)16-13(17)10-19-12-4-2-1-3-5-12/h1-5H,6-11H2,(H,16,17). The summed E-state index contributed by atoms with van der Waals surface area (Å²) >= 11 is 5.08. The minimum Gasteiger partial charge on any atom is -0.381 e. The molecule has 104 valence electrons. The number of nitrogens with one attached hydrogen (secondary N) is 1. The van der Waals surface area contributed by atoms with Crippen molar-refractivity contribution in [3.63, 3.8) is 0 Å². The first-order valence-electron chi connectivity index (χ1n) is 6.37. The molecule has 3 nitrogen and oxygen atoms in total. The van der Waals surface area contributed by atoms with E-state index in [2.05, 4.69) is 21.2 Å². The fourth-order valence-corrected chi connectivity index (χ4v) is 3.47. The highest BCUT2D eigenvalue weighted by atomic mass is 79.9. The predicted octanol–water partition coefficient (Wildman–Crippen LogP) is 2.84. The van der Waals surface area contributed by atoms with Crippen molar-refractivity contribution in [1.29, 1.82) is 0 Å². The number of ether oxygens (including phenoxy) is 1. The van der Waals surface area contributed by atoms with Gasteiger partial charge in [0.05, 0.1) is 11.3 Å². The lowest BCUT2D eigenvalue weighted by Crippen LogP contribution is -2.53. The Morgan fingerprint density at radius 3 is 2.63 bits per heavy atom. The molecule has 2 rings (SSSR count). The molecule has 0 bridgehead atoms. The summed E-state index contributed by atoms with van der Waals surface area (Å²) in [5, 5.41) is 3.95. The number of thioether (sulfide) groups is 1. The maximum Gasteiger partial charge on any atom is 0.230 e. The largest absolute Gasteiger partial charge is 0.381 e. The molecular weight excluding hydrogens is 326 g/mol. The highest BCUT2D eigenvalue weighted by Gasteiger charge is 2.32. The van der Waals surface area contributed by atoms with Crippen LogP contribution < -0.4 is 5.32 Å². The highest BCUT2D eigenvalue weighted by molar-refractivity contribution is 9.09. The molecule has 19 heavy (non-hydrogen) atoms. The van der Waals surface area contributed by atoms with Crippen LogP contribution in [0.2, 0.25) is 0 Å². The van der Waals surface area contributed by atoms with E-state index in [1.54, 1.807) is 11.8 Å². The lowest BCUT2D eigenvalue weighted by atomic mass is 9.92. The Hall–Kier alpha value is -0.520. The molecule has 1 aromatic rings. The quantitative estimate of drug-likeness (QED) is 0.659. The van der Waals surface area contributed by atoms with Gasteiger partial charge in [0, 0.05) is 23.4 Å². The number of benzene rings is 1. The van der Waals surface area contributed by atoms with Crippen molar-refractivity contribution in [2.24, 2.45) is 0 Å². The van der Waals surface area contributed by atoms with Gasteiger partial charge in [-0.1, -0.05) is 34.1 Å². The summed E-state index contributed by atoms with van der Waals surface area (Å²) in [6, 6.07) is 9.99. The summed E-state index contributed by atoms with van der Waals surface area (Å²) < 4.78 is 5.36. The second-order valence-corrected chi connectivity index (χ2v) is 6.29. The Balaban J connectivity index is 1.83. The molecule has 1 amide bonds. The number of hydrogen-bond acceptors (Lipinski definition) is 3. The van der Waals surface area contributed by atoms with E-state index in [4.69, 9.17) is 4.74 Å². The number of rotatable bonds is 5. The van der Waals surface area contributed by atoms with Gasteiger partial charge in [-0.3, -0.25) is 4.79 Å². The Morgan fingerprint density at radius 1 is 1.32 bits per heavy atom. The lowest BCUT2D eigenvalue weighted by Gasteiger charge is -2.36. The van der Waals surface area contributed by atoms with Gasteiger partial charge in [-0.2, -0.15) is 0 Å². The smallest absolute Gasteiger partial charge is 0.230 e. The van der Waals surface area contributed by atoms with E-state index in [0.717, 1.165) is 36.3 Å². The van der Waals surface area contributed by atoms with E-state index in [-0.39, 0.29) is 11.4 Å². The van der Waals surface area contributed by atoms with E-state index in [0.29, 0.717) is 5.75 Å². The fourth-order valence-electron chi connectivity index (χ4n) is 2.05. The molecular formula is C14H18BrNO2S. The molecule has 0 unspecified atom stereocenters. The zero-order valence-corrected chi connectivity index (χ0v) is 13.1. The number of hydrogen-bond donors (Lipinski definition) is 1. The van der Waals surface area contributed by atoms with E-state index < -0.39 is 0 Å². The van der Waals surface area contributed by atoms with E-state index >= 15 is 0 Å². The van der Waals surface area contributed by atoms with Crippen LogP contribution in [0, 0.1) is 0 Å². The van der Waals surface area contributed by atoms with Crippen LogP contribution in [-0.4, -0.2) is 35.7 Å². The minimum absolute atomic E-state index is 0.0928. The van der Waals surface area contributed by atoms with Gasteiger partial charge in [-0.25, -0.2) is 0 Å². The van der Waals surface area contributed by atoms with Gasteiger partial charge >= 0.3 is 0 Å². The van der Waals surface area contributed by atoms with Gasteiger partial charge in [-0.05, 0) is 25.0 Å². The van der Waals surface area contributed by atoms with Crippen molar-refractivity contribution < 1.29 is 9.53 Å². The SMILES string of the molecule is O=C(CSc1ccccc1)NC1(CBr)CCOCC1. The third kappa shape index (κ3) is 4.51. The van der Waals surface area contributed by atoms with Crippen LogP contribution in [0.5, 0.6) is 0 Å². The van der Waals surface area contributed by atoms with Gasteiger partial charge in [0.1, 0.15) is 0 Å². The minimum atomic E-state index is -0.132. The Labute approximate surface area is 126 Å². The first kappa shape index (κ1) is 14.9. The van der Waals surface area contributed by atoms with Crippen molar-refractivity contribution in [3.8, 4) is 0 Å². The molecule has 1 aliphatic rings. The summed E-state index contributed by atoms with van der Waals surface area (Å²) in [5.74, 6) is 0.551. The van der Waals surface area contributed by atoms with Crippen molar-refractivity contribution in [2.75, 3.05) is 24.3 Å². The molecule has 0 spiro atoms. The normalized spacial score (nSPS) is 17.9. The first-order valence-corrected chi connectivity index (χ1v) is 8.47.